The van der Waals surface area contributed by atoms with Gasteiger partial charge in [-0.2, -0.15) is 0 Å². The molecule has 0 radical (unpaired) electrons. The molecule has 0 spiro atoms. The molecule has 1 aromatic rings. The summed E-state index contributed by atoms with van der Waals surface area (Å²) in [6, 6.07) is 3.75. The number of nitrogens with one attached hydrogen (secondary N) is 1. The van der Waals surface area contributed by atoms with E-state index in [0.717, 1.165) is 34.9 Å². The van der Waals surface area contributed by atoms with Crippen LogP contribution in [0.2, 0.25) is 4.34 Å². The maximum absolute atomic E-state index is 12.3. The molecular weight excluding hydrogens is 303 g/mol. The molecule has 1 heterocycles. The monoisotopic (exact) mass is 322 g/mol. The fraction of sp³-hybridized carbons (Fsp3) is 0.615. The third-order valence-electron chi connectivity index (χ3n) is 3.75. The van der Waals surface area contributed by atoms with Crippen LogP contribution in [0.1, 0.15) is 43.4 Å². The number of carbonyl (C=O) groups excluding carboxylic acids is 1. The van der Waals surface area contributed by atoms with E-state index in [1.165, 1.54) is 11.3 Å². The molecule has 1 aliphatic carbocycles. The minimum absolute atomic E-state index is 0. The molecule has 1 aromatic heterocycles. The number of rotatable bonds is 4. The zero-order valence-electron chi connectivity index (χ0n) is 10.9. The Morgan fingerprint density at radius 2 is 2.16 bits per heavy atom. The molecule has 3 N–H and O–H groups in total. The van der Waals surface area contributed by atoms with Crippen LogP contribution in [-0.2, 0) is 4.79 Å². The lowest BCUT2D eigenvalue weighted by atomic mass is 9.96. The Morgan fingerprint density at radius 3 is 2.63 bits per heavy atom. The first-order valence-electron chi connectivity index (χ1n) is 6.34. The molecule has 1 fully saturated rings. The van der Waals surface area contributed by atoms with E-state index in [2.05, 4.69) is 5.32 Å². The quantitative estimate of drug-likeness (QED) is 0.893. The summed E-state index contributed by atoms with van der Waals surface area (Å²) in [4.78, 5) is 13.3. The van der Waals surface area contributed by atoms with Gasteiger partial charge in [0.1, 0.15) is 0 Å². The zero-order valence-corrected chi connectivity index (χ0v) is 13.3. The number of carbonyl (C=O) groups is 1. The summed E-state index contributed by atoms with van der Waals surface area (Å²) in [6.45, 7) is 2.44. The lowest BCUT2D eigenvalue weighted by Crippen LogP contribution is -2.52. The summed E-state index contributed by atoms with van der Waals surface area (Å²) in [6.07, 6.45) is 4.29. The van der Waals surface area contributed by atoms with Crippen LogP contribution in [0.3, 0.4) is 0 Å². The molecule has 108 valence electrons. The van der Waals surface area contributed by atoms with Gasteiger partial charge in [0.05, 0.1) is 15.8 Å². The summed E-state index contributed by atoms with van der Waals surface area (Å²) in [7, 11) is 0. The summed E-state index contributed by atoms with van der Waals surface area (Å²) in [5.74, 6) is -0.104. The van der Waals surface area contributed by atoms with Crippen molar-refractivity contribution in [1.82, 2.24) is 5.32 Å². The van der Waals surface area contributed by atoms with E-state index < -0.39 is 0 Å². The van der Waals surface area contributed by atoms with Gasteiger partial charge in [-0.1, -0.05) is 24.4 Å². The molecule has 1 atom stereocenters. The summed E-state index contributed by atoms with van der Waals surface area (Å²) >= 11 is 7.36. The smallest absolute Gasteiger partial charge is 0.228 e. The second kappa shape index (κ2) is 6.93. The third-order valence-corrected chi connectivity index (χ3v) is 5.17. The molecule has 0 bridgehead atoms. The fourth-order valence-corrected chi connectivity index (χ4v) is 3.60. The van der Waals surface area contributed by atoms with Crippen LogP contribution in [-0.4, -0.2) is 18.0 Å². The lowest BCUT2D eigenvalue weighted by molar-refractivity contribution is -0.124. The standard InChI is InChI=1S/C13H19ClN2OS.ClH/c1-9(10-4-5-11(14)18-10)12(17)16-13(8-15)6-2-3-7-13;/h4-5,9H,2-3,6-8,15H2,1H3,(H,16,17);1H. The number of halogens is 2. The van der Waals surface area contributed by atoms with Crippen LogP contribution < -0.4 is 11.1 Å². The van der Waals surface area contributed by atoms with Gasteiger partial charge in [0, 0.05) is 11.4 Å². The number of thiophene rings is 1. The lowest BCUT2D eigenvalue weighted by Gasteiger charge is -2.30. The highest BCUT2D eigenvalue weighted by Gasteiger charge is 2.35. The normalized spacial score (nSPS) is 18.7. The van der Waals surface area contributed by atoms with Gasteiger partial charge in [-0.25, -0.2) is 0 Å². The number of hydrogen-bond acceptors (Lipinski definition) is 3. The van der Waals surface area contributed by atoms with Crippen LogP contribution in [0.15, 0.2) is 12.1 Å². The first-order valence-corrected chi connectivity index (χ1v) is 7.53. The van der Waals surface area contributed by atoms with Gasteiger partial charge in [0.2, 0.25) is 5.91 Å². The maximum atomic E-state index is 12.3. The zero-order chi connectivity index (χ0) is 13.2. The molecule has 1 saturated carbocycles. The largest absolute Gasteiger partial charge is 0.349 e. The molecule has 0 aromatic carbocycles. The van der Waals surface area contributed by atoms with Crippen LogP contribution in [0.5, 0.6) is 0 Å². The van der Waals surface area contributed by atoms with Crippen molar-refractivity contribution in [3.63, 3.8) is 0 Å². The average Bonchev–Trinajstić information content (AvgIpc) is 2.98. The van der Waals surface area contributed by atoms with Gasteiger partial charge in [-0.05, 0) is 31.9 Å². The van der Waals surface area contributed by atoms with Crippen molar-refractivity contribution in [2.75, 3.05) is 6.54 Å². The Morgan fingerprint density at radius 1 is 1.53 bits per heavy atom. The van der Waals surface area contributed by atoms with Crippen LogP contribution in [0.25, 0.3) is 0 Å². The minimum Gasteiger partial charge on any atom is -0.349 e. The van der Waals surface area contributed by atoms with Gasteiger partial charge in [-0.3, -0.25) is 4.79 Å². The van der Waals surface area contributed by atoms with E-state index in [4.69, 9.17) is 17.3 Å². The molecule has 1 amide bonds. The van der Waals surface area contributed by atoms with Crippen LogP contribution in [0.4, 0.5) is 0 Å². The van der Waals surface area contributed by atoms with Crippen molar-refractivity contribution in [1.29, 1.82) is 0 Å². The molecule has 2 rings (SSSR count). The first kappa shape index (κ1) is 16.8. The van der Waals surface area contributed by atoms with Crippen molar-refractivity contribution >= 4 is 41.3 Å². The molecule has 1 aliphatic rings. The highest BCUT2D eigenvalue weighted by Crippen LogP contribution is 2.31. The topological polar surface area (TPSA) is 55.1 Å². The average molecular weight is 323 g/mol. The Labute approximate surface area is 129 Å². The van der Waals surface area contributed by atoms with E-state index in [1.807, 2.05) is 19.1 Å². The van der Waals surface area contributed by atoms with Crippen molar-refractivity contribution in [2.24, 2.45) is 5.73 Å². The molecule has 3 nitrogen and oxygen atoms in total. The second-order valence-electron chi connectivity index (χ2n) is 5.04. The van der Waals surface area contributed by atoms with Crippen molar-refractivity contribution in [3.05, 3.63) is 21.3 Å². The van der Waals surface area contributed by atoms with Gasteiger partial charge in [0.15, 0.2) is 0 Å². The highest BCUT2D eigenvalue weighted by atomic mass is 35.5. The molecule has 0 aliphatic heterocycles. The Bertz CT molecular complexity index is 430. The second-order valence-corrected chi connectivity index (χ2v) is 6.79. The van der Waals surface area contributed by atoms with E-state index in [-0.39, 0.29) is 29.8 Å². The predicted octanol–water partition coefficient (Wildman–Crippen LogP) is 3.31. The third kappa shape index (κ3) is 3.85. The van der Waals surface area contributed by atoms with E-state index in [0.29, 0.717) is 6.54 Å². The predicted molar refractivity (Wildman–Crippen MR) is 83.4 cm³/mol. The minimum atomic E-state index is -0.174. The van der Waals surface area contributed by atoms with E-state index in [1.54, 1.807) is 0 Å². The van der Waals surface area contributed by atoms with Gasteiger partial charge < -0.3 is 11.1 Å². The summed E-state index contributed by atoms with van der Waals surface area (Å²) in [5.41, 5.74) is 5.65. The maximum Gasteiger partial charge on any atom is 0.228 e. The number of hydrogen-bond donors (Lipinski definition) is 2. The van der Waals surface area contributed by atoms with E-state index in [9.17, 15) is 4.79 Å². The van der Waals surface area contributed by atoms with Gasteiger partial charge in [-0.15, -0.1) is 23.7 Å². The molecule has 19 heavy (non-hydrogen) atoms. The van der Waals surface area contributed by atoms with Crippen molar-refractivity contribution < 1.29 is 4.79 Å². The molecule has 6 heteroatoms. The Balaban J connectivity index is 0.00000180. The Hall–Kier alpha value is -0.290. The van der Waals surface area contributed by atoms with E-state index >= 15 is 0 Å². The van der Waals surface area contributed by atoms with Gasteiger partial charge in [0.25, 0.3) is 0 Å². The van der Waals surface area contributed by atoms with Crippen molar-refractivity contribution in [3.8, 4) is 0 Å². The van der Waals surface area contributed by atoms with Crippen LogP contribution in [0, 0.1) is 0 Å². The Kier molecular flexibility index (Phi) is 6.12. The van der Waals surface area contributed by atoms with Gasteiger partial charge >= 0.3 is 0 Å². The highest BCUT2D eigenvalue weighted by molar-refractivity contribution is 7.16. The first-order chi connectivity index (χ1) is 8.56. The van der Waals surface area contributed by atoms with Crippen molar-refractivity contribution in [2.45, 2.75) is 44.1 Å². The molecular formula is C13H20Cl2N2OS. The SMILES string of the molecule is CC(C(=O)NC1(CN)CCCC1)c1ccc(Cl)s1.Cl. The molecule has 0 saturated heterocycles. The molecule has 1 unspecified atom stereocenters. The fourth-order valence-electron chi connectivity index (χ4n) is 2.49. The summed E-state index contributed by atoms with van der Waals surface area (Å²) < 4.78 is 0.721. The summed E-state index contributed by atoms with van der Waals surface area (Å²) in [5, 5.41) is 3.15. The number of nitrogens with two attached hydrogens (primary N) is 1. The number of amides is 1. The van der Waals surface area contributed by atoms with Crippen LogP contribution >= 0.6 is 35.3 Å².